The number of fused-ring (bicyclic) bond motifs is 1. The number of azide groups is 1. The molecule has 0 saturated carbocycles. The van der Waals surface area contributed by atoms with Crippen LogP contribution >= 0.6 is 23.1 Å². The molecule has 1 aromatic heterocycles. The van der Waals surface area contributed by atoms with Crippen molar-refractivity contribution in [2.24, 2.45) is 5.11 Å². The first-order valence-electron chi connectivity index (χ1n) is 8.93. The molecule has 1 fully saturated rings. The van der Waals surface area contributed by atoms with Crippen LogP contribution in [0.5, 0.6) is 0 Å². The highest BCUT2D eigenvalue weighted by atomic mass is 32.2. The molecule has 3 atom stereocenters. The summed E-state index contributed by atoms with van der Waals surface area (Å²) in [6.07, 6.45) is 0.136. The van der Waals surface area contributed by atoms with Gasteiger partial charge in [-0.3, -0.25) is 14.4 Å². The van der Waals surface area contributed by atoms with Crippen LogP contribution < -0.4 is 5.32 Å². The molecular weight excluding hydrogens is 430 g/mol. The zero-order valence-electron chi connectivity index (χ0n) is 16.4. The lowest BCUT2D eigenvalue weighted by molar-refractivity contribution is -0.170. The number of thiophene rings is 1. The molecular formula is C18H19N5O5S2. The number of nitrogens with zero attached hydrogens (tertiary/aromatic N) is 4. The third-order valence-electron chi connectivity index (χ3n) is 4.26. The average Bonchev–Trinajstić information content (AvgIpc) is 3.16. The Morgan fingerprint density at radius 1 is 1.37 bits per heavy atom. The third kappa shape index (κ3) is 4.50. The molecule has 0 aromatic carbocycles. The Hall–Kier alpha value is -2.82. The van der Waals surface area contributed by atoms with E-state index in [0.717, 1.165) is 17.3 Å². The predicted molar refractivity (Wildman–Crippen MR) is 110 cm³/mol. The van der Waals surface area contributed by atoms with Crippen LogP contribution in [-0.2, 0) is 30.3 Å². The normalized spacial score (nSPS) is 22.8. The number of esters is 1. The Morgan fingerprint density at radius 3 is 2.70 bits per heavy atom. The molecule has 1 aromatic rings. The number of hydrogen-bond donors (Lipinski definition) is 1. The maximum Gasteiger partial charge on any atom is 0.334 e. The molecule has 30 heavy (non-hydrogen) atoms. The van der Waals surface area contributed by atoms with Gasteiger partial charge in [-0.2, -0.15) is 11.3 Å². The van der Waals surface area contributed by atoms with Gasteiger partial charge in [0.25, 0.3) is 0 Å². The van der Waals surface area contributed by atoms with E-state index in [-0.39, 0.29) is 17.9 Å². The van der Waals surface area contributed by atoms with E-state index in [4.69, 9.17) is 10.3 Å². The van der Waals surface area contributed by atoms with Gasteiger partial charge < -0.3 is 15.0 Å². The second kappa shape index (κ2) is 8.50. The van der Waals surface area contributed by atoms with Gasteiger partial charge in [-0.15, -0.1) is 11.8 Å². The molecule has 0 bridgehead atoms. The van der Waals surface area contributed by atoms with E-state index in [2.05, 4.69) is 15.3 Å². The molecule has 3 rings (SSSR count). The maximum absolute atomic E-state index is 12.8. The van der Waals surface area contributed by atoms with Gasteiger partial charge in [0.05, 0.1) is 6.42 Å². The Morgan fingerprint density at radius 2 is 2.10 bits per heavy atom. The van der Waals surface area contributed by atoms with E-state index >= 15 is 0 Å². The van der Waals surface area contributed by atoms with E-state index in [9.17, 15) is 19.2 Å². The summed E-state index contributed by atoms with van der Waals surface area (Å²) in [4.78, 5) is 53.7. The molecule has 0 aliphatic carbocycles. The molecule has 12 heteroatoms. The van der Waals surface area contributed by atoms with Gasteiger partial charge >= 0.3 is 5.97 Å². The minimum Gasteiger partial charge on any atom is -0.458 e. The van der Waals surface area contributed by atoms with Gasteiger partial charge in [0.2, 0.25) is 17.7 Å². The van der Waals surface area contributed by atoms with Crippen molar-refractivity contribution in [1.29, 1.82) is 0 Å². The van der Waals surface area contributed by atoms with Crippen molar-refractivity contribution in [2.75, 3.05) is 0 Å². The number of amides is 3. The molecule has 1 saturated heterocycles. The fourth-order valence-corrected chi connectivity index (χ4v) is 4.94. The lowest BCUT2D eigenvalue weighted by Gasteiger charge is -2.51. The van der Waals surface area contributed by atoms with Crippen LogP contribution in [0.25, 0.3) is 10.4 Å². The number of β-lactam (4-membered cyclic amide) rings is 1. The molecule has 3 heterocycles. The summed E-state index contributed by atoms with van der Waals surface area (Å²) in [6, 6.07) is -0.354. The number of nitrogens with one attached hydrogen (secondary N) is 1. The number of carbonyl (C=O) groups excluding carboxylic acids is 4. The maximum atomic E-state index is 12.8. The molecule has 2 aliphatic heterocycles. The second-order valence-corrected chi connectivity index (χ2v) is 9.40. The zero-order valence-corrected chi connectivity index (χ0v) is 18.0. The van der Waals surface area contributed by atoms with Gasteiger partial charge in [0.15, 0.2) is 6.04 Å². The molecule has 1 N–H and O–H groups in total. The molecule has 10 nitrogen and oxygen atoms in total. The highest BCUT2D eigenvalue weighted by molar-refractivity contribution is 8.03. The van der Waals surface area contributed by atoms with Crippen molar-refractivity contribution in [2.45, 2.75) is 50.3 Å². The Labute approximate surface area is 180 Å². The van der Waals surface area contributed by atoms with E-state index in [1.54, 1.807) is 20.8 Å². The zero-order chi connectivity index (χ0) is 22.1. The van der Waals surface area contributed by atoms with Crippen LogP contribution in [0.3, 0.4) is 0 Å². The van der Waals surface area contributed by atoms with E-state index < -0.39 is 40.8 Å². The summed E-state index contributed by atoms with van der Waals surface area (Å²) in [7, 11) is 0. The van der Waals surface area contributed by atoms with Crippen molar-refractivity contribution in [3.63, 3.8) is 0 Å². The summed E-state index contributed by atoms with van der Waals surface area (Å²) in [5, 5.41) is 10.2. The Bertz CT molecular complexity index is 962. The molecule has 158 valence electrons. The topological polar surface area (TPSA) is 142 Å². The van der Waals surface area contributed by atoms with Crippen LogP contribution in [0, 0.1) is 0 Å². The fourth-order valence-electron chi connectivity index (χ4n) is 3.06. The molecule has 2 unspecified atom stereocenters. The summed E-state index contributed by atoms with van der Waals surface area (Å²) >= 11 is 2.56. The van der Waals surface area contributed by atoms with Crippen LogP contribution in [0.2, 0.25) is 0 Å². The molecule has 0 spiro atoms. The van der Waals surface area contributed by atoms with Gasteiger partial charge in [-0.05, 0) is 59.2 Å². The highest BCUT2D eigenvalue weighted by Crippen LogP contribution is 2.41. The van der Waals surface area contributed by atoms with Crippen LogP contribution in [0.4, 0.5) is 0 Å². The number of thioether (sulfide) groups is 1. The van der Waals surface area contributed by atoms with Crippen LogP contribution in [0.15, 0.2) is 32.9 Å². The minimum atomic E-state index is -1.34. The summed E-state index contributed by atoms with van der Waals surface area (Å²) < 4.78 is 5.37. The average molecular weight is 450 g/mol. The smallest absolute Gasteiger partial charge is 0.334 e. The number of ether oxygens (including phenoxy) is 1. The number of rotatable bonds is 5. The van der Waals surface area contributed by atoms with E-state index in [0.29, 0.717) is 0 Å². The SMILES string of the molecule is CC(C)(C)OC(=O)C1C(C(=O)N=[N+]=[N-])=CS[C@@H]2C(NC(=O)Cc3ccsc3)C(=O)N12. The standard InChI is InChI=1S/C18H19N5O5S2/c1-18(2,3)28-17(27)13-10(14(25)21-22-19)8-30-16-12(15(26)23(13)16)20-11(24)6-9-4-5-29-7-9/h4-5,7-8,12-13,16H,6H2,1-3H3,(H,20,24)/t12?,13?,16-/m1/s1. The quantitative estimate of drug-likeness (QED) is 0.240. The molecule has 2 aliphatic rings. The van der Waals surface area contributed by atoms with Crippen molar-refractivity contribution in [3.05, 3.63) is 43.8 Å². The number of carbonyl (C=O) groups is 4. The fraction of sp³-hybridized carbons (Fsp3) is 0.444. The minimum absolute atomic E-state index is 0.136. The van der Waals surface area contributed by atoms with Crippen molar-refractivity contribution in [3.8, 4) is 0 Å². The summed E-state index contributed by atoms with van der Waals surface area (Å²) in [5.74, 6) is -2.60. The third-order valence-corrected chi connectivity index (χ3v) is 6.16. The Balaban J connectivity index is 1.80. The van der Waals surface area contributed by atoms with Crippen LogP contribution in [0.1, 0.15) is 26.3 Å². The van der Waals surface area contributed by atoms with E-state index in [1.807, 2.05) is 16.8 Å². The first-order valence-corrected chi connectivity index (χ1v) is 10.8. The lowest BCUT2D eigenvalue weighted by Crippen LogP contribution is -2.74. The predicted octanol–water partition coefficient (Wildman–Crippen LogP) is 2.12. The largest absolute Gasteiger partial charge is 0.458 e. The monoisotopic (exact) mass is 449 g/mol. The van der Waals surface area contributed by atoms with Gasteiger partial charge in [0.1, 0.15) is 17.0 Å². The first kappa shape index (κ1) is 21.9. The second-order valence-electron chi connectivity index (χ2n) is 7.63. The van der Waals surface area contributed by atoms with Crippen molar-refractivity contribution < 1.29 is 23.9 Å². The van der Waals surface area contributed by atoms with Gasteiger partial charge in [-0.1, -0.05) is 0 Å². The molecule has 0 radical (unpaired) electrons. The summed E-state index contributed by atoms with van der Waals surface area (Å²) in [6.45, 7) is 4.97. The van der Waals surface area contributed by atoms with Crippen LogP contribution in [-0.4, -0.2) is 51.6 Å². The Kier molecular flexibility index (Phi) is 6.20. The van der Waals surface area contributed by atoms with Crippen molar-refractivity contribution >= 4 is 46.8 Å². The van der Waals surface area contributed by atoms with Gasteiger partial charge in [0, 0.05) is 10.5 Å². The first-order chi connectivity index (χ1) is 14.1. The highest BCUT2D eigenvalue weighted by Gasteiger charge is 2.57. The van der Waals surface area contributed by atoms with Gasteiger partial charge in [-0.25, -0.2) is 4.79 Å². The molecule has 3 amide bonds. The van der Waals surface area contributed by atoms with Crippen molar-refractivity contribution in [1.82, 2.24) is 10.2 Å². The number of hydrogen-bond acceptors (Lipinski definition) is 7. The summed E-state index contributed by atoms with van der Waals surface area (Å²) in [5.41, 5.74) is 8.41. The van der Waals surface area contributed by atoms with E-state index in [1.165, 1.54) is 21.6 Å². The lowest BCUT2D eigenvalue weighted by atomic mass is 9.97.